The Kier molecular flexibility index (Phi) is 3.04. The third-order valence-corrected chi connectivity index (χ3v) is 3.31. The third-order valence-electron chi connectivity index (χ3n) is 3.31. The molecule has 2 amide bonds. The Hall–Kier alpha value is -2.53. The highest BCUT2D eigenvalue weighted by molar-refractivity contribution is 6.21. The molecule has 0 aliphatic carbocycles. The summed E-state index contributed by atoms with van der Waals surface area (Å²) in [6, 6.07) is 10.5. The number of carbonyl (C=O) groups excluding carboxylic acids is 2. The van der Waals surface area contributed by atoms with Crippen molar-refractivity contribution in [2.45, 2.75) is 13.1 Å². The number of nitrogens with two attached hydrogens (primary N) is 1. The van der Waals surface area contributed by atoms with Crippen LogP contribution < -0.4 is 5.73 Å². The average Bonchev–Trinajstić information content (AvgIpc) is 2.73. The van der Waals surface area contributed by atoms with Crippen LogP contribution in [0.2, 0.25) is 0 Å². The lowest BCUT2D eigenvalue weighted by Gasteiger charge is -2.14. The van der Waals surface area contributed by atoms with Gasteiger partial charge in [-0.25, -0.2) is 0 Å². The SMILES string of the molecule is NCc1cc(CN2C(=O)c3ccccc3C2=O)ccn1. The van der Waals surface area contributed by atoms with Crippen LogP contribution in [0.5, 0.6) is 0 Å². The van der Waals surface area contributed by atoms with Gasteiger partial charge in [-0.2, -0.15) is 0 Å². The van der Waals surface area contributed by atoms with Gasteiger partial charge in [-0.15, -0.1) is 0 Å². The maximum absolute atomic E-state index is 12.2. The van der Waals surface area contributed by atoms with E-state index in [1.165, 1.54) is 4.90 Å². The number of benzene rings is 1. The van der Waals surface area contributed by atoms with E-state index in [2.05, 4.69) is 4.98 Å². The fourth-order valence-corrected chi connectivity index (χ4v) is 2.30. The van der Waals surface area contributed by atoms with Gasteiger partial charge in [0.05, 0.1) is 23.4 Å². The molecule has 1 aliphatic rings. The van der Waals surface area contributed by atoms with Crippen LogP contribution in [0.25, 0.3) is 0 Å². The summed E-state index contributed by atoms with van der Waals surface area (Å²) in [6.45, 7) is 0.567. The van der Waals surface area contributed by atoms with Crippen LogP contribution in [0.1, 0.15) is 32.0 Å². The maximum atomic E-state index is 12.2. The highest BCUT2D eigenvalue weighted by atomic mass is 16.2. The topological polar surface area (TPSA) is 76.3 Å². The highest BCUT2D eigenvalue weighted by Crippen LogP contribution is 2.24. The number of carbonyl (C=O) groups is 2. The lowest BCUT2D eigenvalue weighted by atomic mass is 10.1. The summed E-state index contributed by atoms with van der Waals surface area (Å²) < 4.78 is 0. The van der Waals surface area contributed by atoms with E-state index in [1.807, 2.05) is 6.07 Å². The lowest BCUT2D eigenvalue weighted by molar-refractivity contribution is 0.0642. The van der Waals surface area contributed by atoms with Crippen molar-refractivity contribution in [1.29, 1.82) is 0 Å². The molecule has 1 aromatic carbocycles. The molecule has 0 saturated heterocycles. The predicted octanol–water partition coefficient (Wildman–Crippen LogP) is 1.34. The van der Waals surface area contributed by atoms with Crippen LogP contribution in [-0.2, 0) is 13.1 Å². The Morgan fingerprint density at radius 3 is 2.30 bits per heavy atom. The second kappa shape index (κ2) is 4.86. The molecule has 0 atom stereocenters. The van der Waals surface area contributed by atoms with Gasteiger partial charge in [-0.3, -0.25) is 19.5 Å². The van der Waals surface area contributed by atoms with Crippen LogP contribution in [0, 0.1) is 0 Å². The Labute approximate surface area is 116 Å². The molecule has 5 heteroatoms. The first kappa shape index (κ1) is 12.5. The number of amides is 2. The van der Waals surface area contributed by atoms with E-state index < -0.39 is 0 Å². The monoisotopic (exact) mass is 267 g/mol. The summed E-state index contributed by atoms with van der Waals surface area (Å²) in [6.07, 6.45) is 1.63. The molecule has 1 aliphatic heterocycles. The maximum Gasteiger partial charge on any atom is 0.261 e. The molecule has 0 fully saturated rings. The molecule has 1 aromatic heterocycles. The van der Waals surface area contributed by atoms with E-state index in [-0.39, 0.29) is 18.4 Å². The molecule has 3 rings (SSSR count). The summed E-state index contributed by atoms with van der Waals surface area (Å²) in [4.78, 5) is 29.8. The number of fused-ring (bicyclic) bond motifs is 1. The van der Waals surface area contributed by atoms with Crippen molar-refractivity contribution in [1.82, 2.24) is 9.88 Å². The van der Waals surface area contributed by atoms with Crippen molar-refractivity contribution >= 4 is 11.8 Å². The van der Waals surface area contributed by atoms with Crippen molar-refractivity contribution < 1.29 is 9.59 Å². The fourth-order valence-electron chi connectivity index (χ4n) is 2.30. The molecular weight excluding hydrogens is 254 g/mol. The molecule has 2 N–H and O–H groups in total. The number of hydrogen-bond donors (Lipinski definition) is 1. The molecule has 0 saturated carbocycles. The number of imide groups is 1. The standard InChI is InChI=1S/C15H13N3O2/c16-8-11-7-10(5-6-17-11)9-18-14(19)12-3-1-2-4-13(12)15(18)20/h1-7H,8-9,16H2. The van der Waals surface area contributed by atoms with Crippen molar-refractivity contribution in [2.75, 3.05) is 0 Å². The molecule has 0 spiro atoms. The van der Waals surface area contributed by atoms with Crippen LogP contribution in [0.4, 0.5) is 0 Å². The normalized spacial score (nSPS) is 13.8. The molecule has 5 nitrogen and oxygen atoms in total. The quantitative estimate of drug-likeness (QED) is 0.851. The molecule has 2 heterocycles. The fraction of sp³-hybridized carbons (Fsp3) is 0.133. The summed E-state index contributed by atoms with van der Waals surface area (Å²) in [5.74, 6) is -0.506. The zero-order valence-electron chi connectivity index (χ0n) is 10.7. The van der Waals surface area contributed by atoms with Crippen molar-refractivity contribution in [3.63, 3.8) is 0 Å². The molecule has 2 aromatic rings. The Morgan fingerprint density at radius 1 is 1.05 bits per heavy atom. The van der Waals surface area contributed by atoms with Gasteiger partial charge in [0.1, 0.15) is 0 Å². The van der Waals surface area contributed by atoms with Crippen LogP contribution in [-0.4, -0.2) is 21.7 Å². The minimum atomic E-state index is -0.253. The lowest BCUT2D eigenvalue weighted by Crippen LogP contribution is -2.29. The van der Waals surface area contributed by atoms with Crippen LogP contribution >= 0.6 is 0 Å². The van der Waals surface area contributed by atoms with Gasteiger partial charge in [0.15, 0.2) is 0 Å². The number of pyridine rings is 1. The van der Waals surface area contributed by atoms with Gasteiger partial charge in [-0.05, 0) is 29.8 Å². The molecule has 0 radical (unpaired) electrons. The minimum Gasteiger partial charge on any atom is -0.325 e. The third kappa shape index (κ3) is 1.98. The Balaban J connectivity index is 1.89. The number of hydrogen-bond acceptors (Lipinski definition) is 4. The second-order valence-corrected chi connectivity index (χ2v) is 4.60. The van der Waals surface area contributed by atoms with Gasteiger partial charge in [0, 0.05) is 12.7 Å². The number of aromatic nitrogens is 1. The van der Waals surface area contributed by atoms with Crippen molar-refractivity contribution in [3.8, 4) is 0 Å². The number of nitrogens with zero attached hydrogens (tertiary/aromatic N) is 2. The van der Waals surface area contributed by atoms with E-state index >= 15 is 0 Å². The van der Waals surface area contributed by atoms with Gasteiger partial charge >= 0.3 is 0 Å². The summed E-state index contributed by atoms with van der Waals surface area (Å²) in [5, 5.41) is 0. The van der Waals surface area contributed by atoms with Crippen LogP contribution in [0.15, 0.2) is 42.6 Å². The van der Waals surface area contributed by atoms with E-state index in [0.29, 0.717) is 17.7 Å². The first-order valence-electron chi connectivity index (χ1n) is 6.30. The van der Waals surface area contributed by atoms with E-state index in [9.17, 15) is 9.59 Å². The average molecular weight is 267 g/mol. The van der Waals surface area contributed by atoms with E-state index in [1.54, 1.807) is 36.5 Å². The number of rotatable bonds is 3. The second-order valence-electron chi connectivity index (χ2n) is 4.60. The molecule has 100 valence electrons. The Bertz CT molecular complexity index is 662. The van der Waals surface area contributed by atoms with Crippen molar-refractivity contribution in [2.24, 2.45) is 5.73 Å². The molecule has 0 bridgehead atoms. The molecule has 20 heavy (non-hydrogen) atoms. The van der Waals surface area contributed by atoms with Gasteiger partial charge in [-0.1, -0.05) is 12.1 Å². The largest absolute Gasteiger partial charge is 0.325 e. The van der Waals surface area contributed by atoms with Gasteiger partial charge < -0.3 is 5.73 Å². The minimum absolute atomic E-state index is 0.238. The van der Waals surface area contributed by atoms with E-state index in [0.717, 1.165) is 11.3 Å². The van der Waals surface area contributed by atoms with Gasteiger partial charge in [0.2, 0.25) is 0 Å². The van der Waals surface area contributed by atoms with Crippen molar-refractivity contribution in [3.05, 3.63) is 65.0 Å². The molecular formula is C15H13N3O2. The predicted molar refractivity (Wildman–Crippen MR) is 72.8 cm³/mol. The van der Waals surface area contributed by atoms with Gasteiger partial charge in [0.25, 0.3) is 11.8 Å². The van der Waals surface area contributed by atoms with Crippen LogP contribution in [0.3, 0.4) is 0 Å². The Morgan fingerprint density at radius 2 is 1.70 bits per heavy atom. The first-order valence-corrected chi connectivity index (χ1v) is 6.30. The summed E-state index contributed by atoms with van der Waals surface area (Å²) >= 11 is 0. The summed E-state index contributed by atoms with van der Waals surface area (Å²) in [5.41, 5.74) is 8.05. The first-order chi connectivity index (χ1) is 9.70. The smallest absolute Gasteiger partial charge is 0.261 e. The van der Waals surface area contributed by atoms with E-state index in [4.69, 9.17) is 5.73 Å². The highest BCUT2D eigenvalue weighted by Gasteiger charge is 2.34. The summed E-state index contributed by atoms with van der Waals surface area (Å²) in [7, 11) is 0. The zero-order chi connectivity index (χ0) is 14.1. The molecule has 0 unspecified atom stereocenters. The zero-order valence-corrected chi connectivity index (χ0v) is 10.7.